The van der Waals surface area contributed by atoms with Gasteiger partial charge >= 0.3 is 5.97 Å². The summed E-state index contributed by atoms with van der Waals surface area (Å²) in [6.07, 6.45) is 4.55. The molecule has 1 aromatic rings. The number of rotatable bonds is 6. The second kappa shape index (κ2) is 7.39. The van der Waals surface area contributed by atoms with Crippen molar-refractivity contribution < 1.29 is 14.7 Å². The van der Waals surface area contributed by atoms with Gasteiger partial charge in [0.25, 0.3) is 0 Å². The van der Waals surface area contributed by atoms with Gasteiger partial charge in [0.1, 0.15) is 6.54 Å². The van der Waals surface area contributed by atoms with Gasteiger partial charge in [-0.2, -0.15) is 0 Å². The maximum atomic E-state index is 12.0. The van der Waals surface area contributed by atoms with Crippen LogP contribution in [0.2, 0.25) is 0 Å². The van der Waals surface area contributed by atoms with Crippen LogP contribution in [0, 0.1) is 5.92 Å². The number of aromatic nitrogens is 4. The van der Waals surface area contributed by atoms with Gasteiger partial charge in [-0.25, -0.2) is 4.68 Å². The highest BCUT2D eigenvalue weighted by molar-refractivity contribution is 7.99. The Hall–Kier alpha value is -1.64. The number of carbonyl (C=O) groups is 2. The summed E-state index contributed by atoms with van der Waals surface area (Å²) < 4.78 is 1.17. The molecular formula is C12H19N5O3S. The van der Waals surface area contributed by atoms with Gasteiger partial charge < -0.3 is 10.4 Å². The Morgan fingerprint density at radius 1 is 1.43 bits per heavy atom. The fourth-order valence-electron chi connectivity index (χ4n) is 2.44. The number of aliphatic carboxylic acids is 1. The first-order chi connectivity index (χ1) is 10.1. The molecule has 21 heavy (non-hydrogen) atoms. The van der Waals surface area contributed by atoms with Crippen LogP contribution in [0.1, 0.15) is 32.6 Å². The first-order valence-corrected chi connectivity index (χ1v) is 7.95. The number of carbonyl (C=O) groups excluding carboxylic acids is 1. The van der Waals surface area contributed by atoms with Gasteiger partial charge in [-0.05, 0) is 29.2 Å². The van der Waals surface area contributed by atoms with Crippen LogP contribution < -0.4 is 5.32 Å². The minimum atomic E-state index is -1.02. The fraction of sp³-hybridized carbons (Fsp3) is 0.750. The standard InChI is InChI=1S/C12H19N5O3S/c1-8-4-2-3-5-9(8)13-10(18)7-21-12-14-15-16-17(12)6-11(19)20/h8-9H,2-7H2,1H3,(H,13,18)(H,19,20). The molecule has 0 aromatic carbocycles. The number of carboxylic acid groups (broad SMARTS) is 1. The third-order valence-electron chi connectivity index (χ3n) is 3.57. The van der Waals surface area contributed by atoms with Crippen LogP contribution in [-0.2, 0) is 16.1 Å². The minimum absolute atomic E-state index is 0.0661. The normalized spacial score (nSPS) is 22.0. The van der Waals surface area contributed by atoms with E-state index in [2.05, 4.69) is 27.8 Å². The van der Waals surface area contributed by atoms with Gasteiger partial charge in [0.15, 0.2) is 0 Å². The van der Waals surface area contributed by atoms with E-state index in [0.29, 0.717) is 11.1 Å². The quantitative estimate of drug-likeness (QED) is 0.738. The Morgan fingerprint density at radius 2 is 2.19 bits per heavy atom. The summed E-state index contributed by atoms with van der Waals surface area (Å²) in [6, 6.07) is 0.238. The molecule has 1 aromatic heterocycles. The van der Waals surface area contributed by atoms with Crippen LogP contribution in [0.5, 0.6) is 0 Å². The predicted octanol–water partition coefficient (Wildman–Crippen LogP) is 0.545. The lowest BCUT2D eigenvalue weighted by molar-refractivity contribution is -0.138. The van der Waals surface area contributed by atoms with Crippen molar-refractivity contribution in [3.05, 3.63) is 0 Å². The summed E-state index contributed by atoms with van der Waals surface area (Å²) >= 11 is 1.15. The maximum absolute atomic E-state index is 12.0. The molecule has 9 heteroatoms. The van der Waals surface area contributed by atoms with Crippen LogP contribution >= 0.6 is 11.8 Å². The third-order valence-corrected chi connectivity index (χ3v) is 4.53. The topological polar surface area (TPSA) is 110 Å². The van der Waals surface area contributed by atoms with Crippen molar-refractivity contribution in [3.63, 3.8) is 0 Å². The summed E-state index contributed by atoms with van der Waals surface area (Å²) in [5.74, 6) is -0.401. The lowest BCUT2D eigenvalue weighted by Gasteiger charge is -2.29. The fourth-order valence-corrected chi connectivity index (χ4v) is 3.12. The zero-order valence-electron chi connectivity index (χ0n) is 11.9. The summed E-state index contributed by atoms with van der Waals surface area (Å²) in [7, 11) is 0. The average molecular weight is 313 g/mol. The first-order valence-electron chi connectivity index (χ1n) is 6.96. The van der Waals surface area contributed by atoms with Crippen LogP contribution in [0.3, 0.4) is 0 Å². The molecule has 0 bridgehead atoms. The molecule has 2 unspecified atom stereocenters. The molecule has 0 saturated heterocycles. The molecule has 2 atom stereocenters. The molecule has 2 rings (SSSR count). The Bertz CT molecular complexity index is 507. The van der Waals surface area contributed by atoms with Crippen molar-refractivity contribution in [1.82, 2.24) is 25.5 Å². The van der Waals surface area contributed by atoms with Crippen molar-refractivity contribution in [2.45, 2.75) is 50.4 Å². The monoisotopic (exact) mass is 313 g/mol. The molecule has 0 radical (unpaired) electrons. The van der Waals surface area contributed by atoms with Gasteiger partial charge in [0.05, 0.1) is 5.75 Å². The lowest BCUT2D eigenvalue weighted by Crippen LogP contribution is -2.41. The van der Waals surface area contributed by atoms with Gasteiger partial charge in [0, 0.05) is 6.04 Å². The van der Waals surface area contributed by atoms with Crippen molar-refractivity contribution >= 4 is 23.6 Å². The van der Waals surface area contributed by atoms with E-state index in [1.54, 1.807) is 0 Å². The second-order valence-corrected chi connectivity index (χ2v) is 6.18. The lowest BCUT2D eigenvalue weighted by atomic mass is 9.86. The molecule has 1 aliphatic rings. The number of hydrogen-bond donors (Lipinski definition) is 2. The van der Waals surface area contributed by atoms with E-state index in [-0.39, 0.29) is 24.2 Å². The predicted molar refractivity (Wildman–Crippen MR) is 75.7 cm³/mol. The molecule has 1 heterocycles. The molecule has 1 fully saturated rings. The number of amides is 1. The summed E-state index contributed by atoms with van der Waals surface area (Å²) in [5, 5.41) is 22.8. The Morgan fingerprint density at radius 3 is 2.90 bits per heavy atom. The van der Waals surface area contributed by atoms with Crippen LogP contribution in [-0.4, -0.2) is 49.0 Å². The number of tetrazole rings is 1. The van der Waals surface area contributed by atoms with E-state index in [9.17, 15) is 9.59 Å². The van der Waals surface area contributed by atoms with E-state index < -0.39 is 5.97 Å². The molecular weight excluding hydrogens is 294 g/mol. The molecule has 0 aliphatic heterocycles. The van der Waals surface area contributed by atoms with E-state index in [1.807, 2.05) is 0 Å². The third kappa shape index (κ3) is 4.69. The van der Waals surface area contributed by atoms with Crippen LogP contribution in [0.4, 0.5) is 0 Å². The minimum Gasteiger partial charge on any atom is -0.480 e. The van der Waals surface area contributed by atoms with Gasteiger partial charge in [-0.15, -0.1) is 5.10 Å². The summed E-state index contributed by atoms with van der Waals surface area (Å²) in [5.41, 5.74) is 0. The smallest absolute Gasteiger partial charge is 0.325 e. The van der Waals surface area contributed by atoms with Crippen LogP contribution in [0.15, 0.2) is 5.16 Å². The molecule has 2 N–H and O–H groups in total. The summed E-state index contributed by atoms with van der Waals surface area (Å²) in [4.78, 5) is 22.6. The zero-order chi connectivity index (χ0) is 15.2. The van der Waals surface area contributed by atoms with Crippen molar-refractivity contribution in [2.24, 2.45) is 5.92 Å². The zero-order valence-corrected chi connectivity index (χ0v) is 12.7. The van der Waals surface area contributed by atoms with Crippen molar-refractivity contribution in [2.75, 3.05) is 5.75 Å². The molecule has 116 valence electrons. The Labute approximate surface area is 126 Å². The number of carboxylic acids is 1. The molecule has 1 saturated carbocycles. The number of nitrogens with zero attached hydrogens (tertiary/aromatic N) is 4. The molecule has 1 aliphatic carbocycles. The van der Waals surface area contributed by atoms with Crippen LogP contribution in [0.25, 0.3) is 0 Å². The second-order valence-electron chi connectivity index (χ2n) is 5.24. The number of nitrogens with one attached hydrogen (secondary N) is 1. The van der Waals surface area contributed by atoms with Gasteiger partial charge in [-0.1, -0.05) is 31.5 Å². The summed E-state index contributed by atoms with van der Waals surface area (Å²) in [6.45, 7) is 1.85. The molecule has 1 amide bonds. The van der Waals surface area contributed by atoms with Gasteiger partial charge in [-0.3, -0.25) is 9.59 Å². The number of thioether (sulfide) groups is 1. The van der Waals surface area contributed by atoms with Gasteiger partial charge in [0.2, 0.25) is 11.1 Å². The maximum Gasteiger partial charge on any atom is 0.325 e. The van der Waals surface area contributed by atoms with E-state index in [1.165, 1.54) is 11.1 Å². The van der Waals surface area contributed by atoms with E-state index >= 15 is 0 Å². The Balaban J connectivity index is 1.81. The van der Waals surface area contributed by atoms with Crippen molar-refractivity contribution in [1.29, 1.82) is 0 Å². The van der Waals surface area contributed by atoms with Crippen molar-refractivity contribution in [3.8, 4) is 0 Å². The Kier molecular flexibility index (Phi) is 5.54. The highest BCUT2D eigenvalue weighted by Crippen LogP contribution is 2.24. The average Bonchev–Trinajstić information content (AvgIpc) is 2.85. The molecule has 8 nitrogen and oxygen atoms in total. The molecule has 0 spiro atoms. The largest absolute Gasteiger partial charge is 0.480 e. The highest BCUT2D eigenvalue weighted by Gasteiger charge is 2.23. The highest BCUT2D eigenvalue weighted by atomic mass is 32.2. The van der Waals surface area contributed by atoms with E-state index in [4.69, 9.17) is 5.11 Å². The number of hydrogen-bond acceptors (Lipinski definition) is 6. The SMILES string of the molecule is CC1CCCCC1NC(=O)CSc1nnnn1CC(=O)O. The van der Waals surface area contributed by atoms with E-state index in [0.717, 1.165) is 31.0 Å². The first kappa shape index (κ1) is 15.7.